The summed E-state index contributed by atoms with van der Waals surface area (Å²) in [5, 5.41) is 11.2. The van der Waals surface area contributed by atoms with Crippen LogP contribution in [0, 0.1) is 5.92 Å². The molecule has 146 valence electrons. The number of ketones is 1. The Bertz CT molecular complexity index is 587. The van der Waals surface area contributed by atoms with E-state index >= 15 is 0 Å². The Morgan fingerprint density at radius 3 is 2.73 bits per heavy atom. The maximum atomic E-state index is 12.2. The SMILES string of the molecule is CC[C@H](C)CC(=O)c1nnc(SCCN(C)C(=O)NC2CCCCC2)o1. The normalized spacial score (nSPS) is 16.3. The zero-order valence-corrected chi connectivity index (χ0v) is 16.8. The first-order valence-corrected chi connectivity index (χ1v) is 10.5. The van der Waals surface area contributed by atoms with E-state index in [0.29, 0.717) is 35.9 Å². The number of Topliss-reactive ketones (excluding diaryl/α,β-unsaturated/α-hetero) is 1. The number of thioether (sulfide) groups is 1. The molecule has 7 nitrogen and oxygen atoms in total. The van der Waals surface area contributed by atoms with Gasteiger partial charge in [0, 0.05) is 31.8 Å². The summed E-state index contributed by atoms with van der Waals surface area (Å²) in [6, 6.07) is 0.272. The number of nitrogens with zero attached hydrogens (tertiary/aromatic N) is 3. The van der Waals surface area contributed by atoms with Crippen LogP contribution in [0.3, 0.4) is 0 Å². The minimum Gasteiger partial charge on any atom is -0.408 e. The Labute approximate surface area is 159 Å². The molecule has 0 aromatic carbocycles. The minimum atomic E-state index is -0.109. The smallest absolute Gasteiger partial charge is 0.317 e. The fourth-order valence-corrected chi connectivity index (χ4v) is 3.61. The average Bonchev–Trinajstić information content (AvgIpc) is 3.11. The van der Waals surface area contributed by atoms with Gasteiger partial charge in [0.25, 0.3) is 11.1 Å². The molecular formula is C18H30N4O3S. The van der Waals surface area contributed by atoms with Crippen molar-refractivity contribution in [1.82, 2.24) is 20.4 Å². The van der Waals surface area contributed by atoms with Crippen molar-refractivity contribution < 1.29 is 14.0 Å². The molecule has 0 unspecified atom stereocenters. The summed E-state index contributed by atoms with van der Waals surface area (Å²) < 4.78 is 5.43. The molecule has 1 saturated carbocycles. The van der Waals surface area contributed by atoms with Crippen LogP contribution in [0.15, 0.2) is 9.64 Å². The van der Waals surface area contributed by atoms with Crippen LogP contribution in [0.2, 0.25) is 0 Å². The first kappa shape index (κ1) is 20.7. The third-order valence-electron chi connectivity index (χ3n) is 4.81. The predicted octanol–water partition coefficient (Wildman–Crippen LogP) is 3.75. The Balaban J connectivity index is 1.70. The summed E-state index contributed by atoms with van der Waals surface area (Å²) >= 11 is 1.36. The molecule has 0 bridgehead atoms. The Morgan fingerprint density at radius 1 is 1.31 bits per heavy atom. The fraction of sp³-hybridized carbons (Fsp3) is 0.778. The summed E-state index contributed by atoms with van der Waals surface area (Å²) in [5.74, 6) is 0.913. The molecular weight excluding hydrogens is 352 g/mol. The van der Waals surface area contributed by atoms with Gasteiger partial charge in [-0.2, -0.15) is 0 Å². The molecule has 1 heterocycles. The van der Waals surface area contributed by atoms with Gasteiger partial charge >= 0.3 is 6.03 Å². The third-order valence-corrected chi connectivity index (χ3v) is 5.61. The van der Waals surface area contributed by atoms with Crippen LogP contribution in [0.5, 0.6) is 0 Å². The second kappa shape index (κ2) is 10.5. The van der Waals surface area contributed by atoms with Gasteiger partial charge in [0.1, 0.15) is 0 Å². The molecule has 1 N–H and O–H groups in total. The van der Waals surface area contributed by atoms with Crippen molar-refractivity contribution in [3.63, 3.8) is 0 Å². The molecule has 1 aliphatic carbocycles. The monoisotopic (exact) mass is 382 g/mol. The van der Waals surface area contributed by atoms with Gasteiger partial charge in [0.05, 0.1) is 0 Å². The number of urea groups is 1. The molecule has 0 radical (unpaired) electrons. The summed E-state index contributed by atoms with van der Waals surface area (Å²) in [7, 11) is 1.79. The predicted molar refractivity (Wildman–Crippen MR) is 101 cm³/mol. The Morgan fingerprint density at radius 2 is 2.04 bits per heavy atom. The van der Waals surface area contributed by atoms with E-state index in [1.54, 1.807) is 11.9 Å². The highest BCUT2D eigenvalue weighted by molar-refractivity contribution is 7.99. The lowest BCUT2D eigenvalue weighted by atomic mass is 9.96. The molecule has 1 fully saturated rings. The van der Waals surface area contributed by atoms with Crippen molar-refractivity contribution >= 4 is 23.6 Å². The van der Waals surface area contributed by atoms with Crippen molar-refractivity contribution in [3.05, 3.63) is 5.89 Å². The number of carbonyl (C=O) groups is 2. The van der Waals surface area contributed by atoms with E-state index in [0.717, 1.165) is 19.3 Å². The summed E-state index contributed by atoms with van der Waals surface area (Å²) in [5.41, 5.74) is 0. The Hall–Kier alpha value is -1.57. The molecule has 0 spiro atoms. The van der Waals surface area contributed by atoms with Gasteiger partial charge in [-0.1, -0.05) is 51.3 Å². The molecule has 0 saturated heterocycles. The van der Waals surface area contributed by atoms with Crippen molar-refractivity contribution in [3.8, 4) is 0 Å². The van der Waals surface area contributed by atoms with Crippen LogP contribution in [0.4, 0.5) is 4.79 Å². The van der Waals surface area contributed by atoms with Crippen LogP contribution < -0.4 is 5.32 Å². The van der Waals surface area contributed by atoms with E-state index in [-0.39, 0.29) is 17.7 Å². The number of hydrogen-bond acceptors (Lipinski definition) is 6. The average molecular weight is 383 g/mol. The number of hydrogen-bond donors (Lipinski definition) is 1. The number of amides is 2. The summed E-state index contributed by atoms with van der Waals surface area (Å²) in [6.45, 7) is 4.65. The van der Waals surface area contributed by atoms with Gasteiger partial charge in [0.15, 0.2) is 0 Å². The van der Waals surface area contributed by atoms with Gasteiger partial charge < -0.3 is 14.6 Å². The molecule has 8 heteroatoms. The minimum absolute atomic E-state index is 0.0348. The molecule has 1 atom stereocenters. The van der Waals surface area contributed by atoms with E-state index < -0.39 is 0 Å². The third kappa shape index (κ3) is 6.63. The molecule has 1 aromatic rings. The topological polar surface area (TPSA) is 88.3 Å². The first-order chi connectivity index (χ1) is 12.5. The summed E-state index contributed by atoms with van der Waals surface area (Å²) in [6.07, 6.45) is 7.17. The van der Waals surface area contributed by atoms with Crippen LogP contribution in [-0.4, -0.2) is 52.3 Å². The van der Waals surface area contributed by atoms with Crippen molar-refractivity contribution in [2.24, 2.45) is 5.92 Å². The van der Waals surface area contributed by atoms with Crippen LogP contribution in [-0.2, 0) is 0 Å². The van der Waals surface area contributed by atoms with Crippen molar-refractivity contribution in [1.29, 1.82) is 0 Å². The highest BCUT2D eigenvalue weighted by Crippen LogP contribution is 2.19. The number of carbonyl (C=O) groups excluding carboxylic acids is 2. The number of nitrogens with one attached hydrogen (secondary N) is 1. The molecule has 26 heavy (non-hydrogen) atoms. The van der Waals surface area contributed by atoms with Crippen LogP contribution >= 0.6 is 11.8 Å². The van der Waals surface area contributed by atoms with E-state index in [1.165, 1.54) is 31.0 Å². The lowest BCUT2D eigenvalue weighted by molar-refractivity contribution is 0.0924. The first-order valence-electron chi connectivity index (χ1n) is 9.50. The number of aromatic nitrogens is 2. The fourth-order valence-electron chi connectivity index (χ4n) is 2.83. The van der Waals surface area contributed by atoms with Crippen molar-refractivity contribution in [2.75, 3.05) is 19.3 Å². The lowest BCUT2D eigenvalue weighted by Crippen LogP contribution is -2.44. The largest absolute Gasteiger partial charge is 0.408 e. The lowest BCUT2D eigenvalue weighted by Gasteiger charge is -2.26. The van der Waals surface area contributed by atoms with E-state index in [4.69, 9.17) is 4.42 Å². The molecule has 0 aliphatic heterocycles. The molecule has 2 rings (SSSR count). The maximum absolute atomic E-state index is 12.2. The standard InChI is InChI=1S/C18H30N4O3S/c1-4-13(2)12-15(23)16-20-21-18(25-16)26-11-10-22(3)17(24)19-14-8-6-5-7-9-14/h13-14H,4-12H2,1-3H3,(H,19,24)/t13-/m0/s1. The van der Waals surface area contributed by atoms with Crippen LogP contribution in [0.25, 0.3) is 0 Å². The van der Waals surface area contributed by atoms with Crippen molar-refractivity contribution in [2.45, 2.75) is 70.1 Å². The van der Waals surface area contributed by atoms with Gasteiger partial charge in [0.2, 0.25) is 5.78 Å². The molecule has 1 aromatic heterocycles. The quantitative estimate of drug-likeness (QED) is 0.517. The van der Waals surface area contributed by atoms with Gasteiger partial charge in [-0.05, 0) is 18.8 Å². The highest BCUT2D eigenvalue weighted by atomic mass is 32.2. The Kier molecular flexibility index (Phi) is 8.41. The van der Waals surface area contributed by atoms with Gasteiger partial charge in [-0.15, -0.1) is 10.2 Å². The van der Waals surface area contributed by atoms with Gasteiger partial charge in [-0.25, -0.2) is 4.79 Å². The highest BCUT2D eigenvalue weighted by Gasteiger charge is 2.19. The van der Waals surface area contributed by atoms with E-state index in [9.17, 15) is 9.59 Å². The molecule has 2 amide bonds. The van der Waals surface area contributed by atoms with Gasteiger partial charge in [-0.3, -0.25) is 4.79 Å². The van der Waals surface area contributed by atoms with E-state index in [1.807, 2.05) is 13.8 Å². The zero-order chi connectivity index (χ0) is 18.9. The molecule has 1 aliphatic rings. The number of rotatable bonds is 9. The maximum Gasteiger partial charge on any atom is 0.317 e. The van der Waals surface area contributed by atoms with Crippen LogP contribution in [0.1, 0.15) is 69.5 Å². The second-order valence-electron chi connectivity index (χ2n) is 7.07. The van der Waals surface area contributed by atoms with E-state index in [2.05, 4.69) is 15.5 Å². The second-order valence-corrected chi connectivity index (χ2v) is 8.11. The summed E-state index contributed by atoms with van der Waals surface area (Å²) in [4.78, 5) is 25.9. The zero-order valence-electron chi connectivity index (χ0n) is 16.0.